The second kappa shape index (κ2) is 6.60. The number of anilines is 2. The van der Waals surface area contributed by atoms with Gasteiger partial charge in [0.05, 0.1) is 5.69 Å². The Morgan fingerprint density at radius 2 is 1.89 bits per heavy atom. The number of aryl methyl sites for hydroxylation is 1. The van der Waals surface area contributed by atoms with E-state index in [9.17, 15) is 22.0 Å². The van der Waals surface area contributed by atoms with Gasteiger partial charge in [0.1, 0.15) is 16.5 Å². The normalized spacial score (nSPS) is 16.7. The number of rotatable bonds is 4. The molecule has 5 nitrogen and oxygen atoms in total. The van der Waals surface area contributed by atoms with E-state index >= 15 is 0 Å². The summed E-state index contributed by atoms with van der Waals surface area (Å²) < 4.78 is 54.5. The number of fused-ring (bicyclic) bond motifs is 1. The van der Waals surface area contributed by atoms with Crippen molar-refractivity contribution in [2.45, 2.75) is 30.6 Å². The summed E-state index contributed by atoms with van der Waals surface area (Å²) in [5, 5.41) is 0. The van der Waals surface area contributed by atoms with Crippen LogP contribution in [0.5, 0.6) is 0 Å². The predicted octanol–water partition coefficient (Wildman–Crippen LogP) is 3.45. The first kappa shape index (κ1) is 17.9. The van der Waals surface area contributed by atoms with Gasteiger partial charge in [0.15, 0.2) is 0 Å². The summed E-state index contributed by atoms with van der Waals surface area (Å²) in [5.74, 6) is -1.76. The Hall–Kier alpha value is -2.48. The maximum absolute atomic E-state index is 13.9. The first-order valence-electron chi connectivity index (χ1n) is 8.77. The Bertz CT molecular complexity index is 1020. The highest BCUT2D eigenvalue weighted by molar-refractivity contribution is 7.92. The summed E-state index contributed by atoms with van der Waals surface area (Å²) in [6, 6.07) is 7.18. The monoisotopic (exact) mass is 392 g/mol. The van der Waals surface area contributed by atoms with Gasteiger partial charge < -0.3 is 4.90 Å². The number of hydrogen-bond acceptors (Lipinski definition) is 3. The molecule has 1 saturated carbocycles. The second-order valence-electron chi connectivity index (χ2n) is 6.89. The van der Waals surface area contributed by atoms with Crippen LogP contribution in [-0.2, 0) is 21.2 Å². The molecule has 1 N–H and O–H groups in total. The van der Waals surface area contributed by atoms with E-state index in [2.05, 4.69) is 4.72 Å². The van der Waals surface area contributed by atoms with Gasteiger partial charge in [0, 0.05) is 18.2 Å². The first-order valence-corrected chi connectivity index (χ1v) is 10.3. The van der Waals surface area contributed by atoms with E-state index in [0.29, 0.717) is 18.3 Å². The number of nitrogens with zero attached hydrogens (tertiary/aromatic N) is 1. The molecule has 0 atom stereocenters. The molecule has 0 unspecified atom stereocenters. The maximum Gasteiger partial charge on any atom is 0.264 e. The van der Waals surface area contributed by atoms with E-state index in [1.807, 2.05) is 0 Å². The van der Waals surface area contributed by atoms with Gasteiger partial charge in [0.25, 0.3) is 10.0 Å². The van der Waals surface area contributed by atoms with Crippen LogP contribution in [0.15, 0.2) is 41.3 Å². The molecule has 1 amide bonds. The van der Waals surface area contributed by atoms with Gasteiger partial charge in [-0.2, -0.15) is 0 Å². The molecule has 1 fully saturated rings. The van der Waals surface area contributed by atoms with Crippen molar-refractivity contribution in [2.24, 2.45) is 5.92 Å². The van der Waals surface area contributed by atoms with E-state index in [-0.39, 0.29) is 17.5 Å². The molecule has 2 aromatic rings. The van der Waals surface area contributed by atoms with E-state index in [1.54, 1.807) is 23.1 Å². The molecule has 1 aliphatic heterocycles. The van der Waals surface area contributed by atoms with Crippen molar-refractivity contribution in [2.75, 3.05) is 16.2 Å². The Labute approximate surface area is 156 Å². The van der Waals surface area contributed by atoms with Crippen molar-refractivity contribution in [3.63, 3.8) is 0 Å². The highest BCUT2D eigenvalue weighted by Crippen LogP contribution is 2.37. The van der Waals surface area contributed by atoms with Crippen molar-refractivity contribution in [1.82, 2.24) is 0 Å². The zero-order chi connectivity index (χ0) is 19.2. The summed E-state index contributed by atoms with van der Waals surface area (Å²) >= 11 is 0. The lowest BCUT2D eigenvalue weighted by Gasteiger charge is -2.30. The topological polar surface area (TPSA) is 66.5 Å². The van der Waals surface area contributed by atoms with Gasteiger partial charge in [-0.1, -0.05) is 6.07 Å². The molecule has 0 radical (unpaired) electrons. The standard InChI is InChI=1S/C19H18F2N2O3S/c20-14-6-8-16(21)18(10-14)27(25,26)22-15-7-5-12-2-1-9-23(17(12)11-15)19(24)13-3-4-13/h5-8,10-11,13,22H,1-4,9H2. The average Bonchev–Trinajstić information content (AvgIpc) is 3.47. The SMILES string of the molecule is O=C(C1CC1)N1CCCc2ccc(NS(=O)(=O)c3cc(F)ccc3F)cc21. The molecule has 0 saturated heterocycles. The lowest BCUT2D eigenvalue weighted by Crippen LogP contribution is -2.36. The number of halogens is 2. The highest BCUT2D eigenvalue weighted by Gasteiger charge is 2.35. The third-order valence-corrected chi connectivity index (χ3v) is 6.23. The summed E-state index contributed by atoms with van der Waals surface area (Å²) in [7, 11) is -4.30. The van der Waals surface area contributed by atoms with Crippen LogP contribution in [0.1, 0.15) is 24.8 Å². The molecule has 142 valence electrons. The van der Waals surface area contributed by atoms with E-state index in [0.717, 1.165) is 43.4 Å². The highest BCUT2D eigenvalue weighted by atomic mass is 32.2. The Balaban J connectivity index is 1.66. The number of nitrogens with one attached hydrogen (secondary N) is 1. The lowest BCUT2D eigenvalue weighted by atomic mass is 10.0. The van der Waals surface area contributed by atoms with Crippen molar-refractivity contribution in [1.29, 1.82) is 0 Å². The quantitative estimate of drug-likeness (QED) is 0.867. The van der Waals surface area contributed by atoms with Gasteiger partial charge >= 0.3 is 0 Å². The van der Waals surface area contributed by atoms with Crippen molar-refractivity contribution in [3.8, 4) is 0 Å². The van der Waals surface area contributed by atoms with Crippen LogP contribution < -0.4 is 9.62 Å². The predicted molar refractivity (Wildman–Crippen MR) is 97.0 cm³/mol. The number of carbonyl (C=O) groups is 1. The molecule has 0 bridgehead atoms. The van der Waals surface area contributed by atoms with Crippen LogP contribution in [0.3, 0.4) is 0 Å². The zero-order valence-electron chi connectivity index (χ0n) is 14.4. The number of amides is 1. The average molecular weight is 392 g/mol. The van der Waals surface area contributed by atoms with Crippen molar-refractivity contribution >= 4 is 27.3 Å². The van der Waals surface area contributed by atoms with Crippen LogP contribution in [0.4, 0.5) is 20.2 Å². The largest absolute Gasteiger partial charge is 0.312 e. The van der Waals surface area contributed by atoms with Crippen LogP contribution in [0, 0.1) is 17.6 Å². The molecule has 0 spiro atoms. The fraction of sp³-hybridized carbons (Fsp3) is 0.316. The van der Waals surface area contributed by atoms with Crippen molar-refractivity contribution < 1.29 is 22.0 Å². The Morgan fingerprint density at radius 1 is 1.11 bits per heavy atom. The fourth-order valence-electron chi connectivity index (χ4n) is 3.31. The molecule has 27 heavy (non-hydrogen) atoms. The second-order valence-corrected chi connectivity index (χ2v) is 8.54. The van der Waals surface area contributed by atoms with Crippen LogP contribution in [0.25, 0.3) is 0 Å². The molecule has 8 heteroatoms. The number of sulfonamides is 1. The smallest absolute Gasteiger partial charge is 0.264 e. The van der Waals surface area contributed by atoms with Gasteiger partial charge in [0.2, 0.25) is 5.91 Å². The molecule has 2 aliphatic rings. The Kier molecular flexibility index (Phi) is 4.38. The number of benzene rings is 2. The van der Waals surface area contributed by atoms with E-state index < -0.39 is 26.6 Å². The molecule has 0 aromatic heterocycles. The molecule has 1 heterocycles. The molecule has 2 aromatic carbocycles. The summed E-state index contributed by atoms with van der Waals surface area (Å²) in [5.41, 5.74) is 1.85. The number of hydrogen-bond donors (Lipinski definition) is 1. The fourth-order valence-corrected chi connectivity index (χ4v) is 4.45. The van der Waals surface area contributed by atoms with E-state index in [4.69, 9.17) is 0 Å². The minimum absolute atomic E-state index is 0.0534. The number of carbonyl (C=O) groups excluding carboxylic acids is 1. The lowest BCUT2D eigenvalue weighted by molar-refractivity contribution is -0.119. The summed E-state index contributed by atoms with van der Waals surface area (Å²) in [6.07, 6.45) is 3.42. The van der Waals surface area contributed by atoms with Gasteiger partial charge in [-0.25, -0.2) is 17.2 Å². The minimum atomic E-state index is -4.30. The van der Waals surface area contributed by atoms with Gasteiger partial charge in [-0.05, 0) is 61.6 Å². The molecule has 1 aliphatic carbocycles. The maximum atomic E-state index is 13.9. The molecular weight excluding hydrogens is 374 g/mol. The third-order valence-electron chi connectivity index (χ3n) is 4.83. The van der Waals surface area contributed by atoms with Crippen molar-refractivity contribution in [3.05, 3.63) is 53.6 Å². The molecule has 4 rings (SSSR count). The van der Waals surface area contributed by atoms with Gasteiger partial charge in [-0.15, -0.1) is 0 Å². The minimum Gasteiger partial charge on any atom is -0.312 e. The summed E-state index contributed by atoms with van der Waals surface area (Å²) in [4.78, 5) is 13.5. The third kappa shape index (κ3) is 3.53. The van der Waals surface area contributed by atoms with Crippen LogP contribution >= 0.6 is 0 Å². The van der Waals surface area contributed by atoms with Crippen LogP contribution in [-0.4, -0.2) is 20.9 Å². The van der Waals surface area contributed by atoms with Crippen LogP contribution in [0.2, 0.25) is 0 Å². The van der Waals surface area contributed by atoms with Gasteiger partial charge in [-0.3, -0.25) is 9.52 Å². The summed E-state index contributed by atoms with van der Waals surface area (Å²) in [6.45, 7) is 0.594. The Morgan fingerprint density at radius 3 is 2.63 bits per heavy atom. The molecular formula is C19H18F2N2O3S. The first-order chi connectivity index (χ1) is 12.8. The zero-order valence-corrected chi connectivity index (χ0v) is 15.2. The van der Waals surface area contributed by atoms with E-state index in [1.165, 1.54) is 0 Å².